The summed E-state index contributed by atoms with van der Waals surface area (Å²) in [7, 11) is 0. The lowest BCUT2D eigenvalue weighted by Gasteiger charge is -2.35. The van der Waals surface area contributed by atoms with Gasteiger partial charge < -0.3 is 10.6 Å². The molecule has 3 rings (SSSR count). The highest BCUT2D eigenvalue weighted by Gasteiger charge is 2.18. The average Bonchev–Trinajstić information content (AvgIpc) is 3.00. The first kappa shape index (κ1) is 14.2. The fraction of sp³-hybridized carbons (Fsp3) is 0.692. The number of nitrogens with two attached hydrogens (primary N) is 1. The fourth-order valence-corrected chi connectivity index (χ4v) is 2.67. The van der Waals surface area contributed by atoms with Crippen LogP contribution in [-0.4, -0.2) is 69.4 Å². The molecule has 1 aliphatic rings. The Balaban J connectivity index is 1.50. The van der Waals surface area contributed by atoms with Gasteiger partial charge in [-0.05, 0) is 48.5 Å². The molecule has 2 N–H and O–H groups in total. The topological polar surface area (TPSA) is 88.5 Å². The molecule has 8 nitrogen and oxygen atoms in total. The Morgan fingerprint density at radius 2 is 1.90 bits per heavy atom. The van der Waals surface area contributed by atoms with Crippen molar-refractivity contribution in [2.75, 3.05) is 44.2 Å². The van der Waals surface area contributed by atoms with Crippen LogP contribution in [0.4, 0.5) is 5.82 Å². The lowest BCUT2D eigenvalue weighted by Crippen LogP contribution is -2.47. The Labute approximate surface area is 123 Å². The highest BCUT2D eigenvalue weighted by molar-refractivity contribution is 5.44. The van der Waals surface area contributed by atoms with E-state index in [9.17, 15) is 0 Å². The zero-order chi connectivity index (χ0) is 14.5. The van der Waals surface area contributed by atoms with Gasteiger partial charge in [-0.2, -0.15) is 0 Å². The van der Waals surface area contributed by atoms with Gasteiger partial charge in [0.05, 0.1) is 0 Å². The number of fused-ring (bicyclic) bond motifs is 1. The number of unbranched alkanes of at least 4 members (excludes halogenated alkanes) is 2. The van der Waals surface area contributed by atoms with Crippen LogP contribution in [0.1, 0.15) is 19.3 Å². The number of aromatic nitrogens is 5. The maximum Gasteiger partial charge on any atom is 0.200 e. The molecule has 8 heteroatoms. The lowest BCUT2D eigenvalue weighted by atomic mass is 10.2. The molecule has 0 bridgehead atoms. The Bertz CT molecular complexity index is 560. The molecule has 0 spiro atoms. The third kappa shape index (κ3) is 3.45. The van der Waals surface area contributed by atoms with Gasteiger partial charge in [0.15, 0.2) is 11.5 Å². The van der Waals surface area contributed by atoms with Gasteiger partial charge in [0.1, 0.15) is 0 Å². The first-order valence-electron chi connectivity index (χ1n) is 7.59. The van der Waals surface area contributed by atoms with E-state index >= 15 is 0 Å². The summed E-state index contributed by atoms with van der Waals surface area (Å²) >= 11 is 0. The molecule has 0 aliphatic carbocycles. The van der Waals surface area contributed by atoms with Gasteiger partial charge >= 0.3 is 0 Å². The minimum atomic E-state index is 0.678. The summed E-state index contributed by atoms with van der Waals surface area (Å²) in [5, 5.41) is 15.8. The molecule has 0 saturated carbocycles. The van der Waals surface area contributed by atoms with Crippen molar-refractivity contribution in [3.63, 3.8) is 0 Å². The third-order valence-electron chi connectivity index (χ3n) is 3.93. The standard InChI is InChI=1S/C13H22N8/c14-6-2-1-3-7-19-8-10-20(11-9-19)13-5-4-12-15-17-18-21(12)16-13/h4-5H,1-3,6-11,14H2. The van der Waals surface area contributed by atoms with E-state index in [1.165, 1.54) is 24.0 Å². The maximum atomic E-state index is 5.52. The average molecular weight is 290 g/mol. The highest BCUT2D eigenvalue weighted by atomic mass is 15.6. The second-order valence-electron chi connectivity index (χ2n) is 5.40. The molecule has 1 saturated heterocycles. The number of hydrogen-bond acceptors (Lipinski definition) is 7. The Kier molecular flexibility index (Phi) is 4.56. The molecular formula is C13H22N8. The number of tetrazole rings is 1. The molecule has 0 amide bonds. The SMILES string of the molecule is NCCCCCN1CCN(c2ccc3nnnn3n2)CC1. The highest BCUT2D eigenvalue weighted by Crippen LogP contribution is 2.13. The van der Waals surface area contributed by atoms with Gasteiger partial charge in [-0.3, -0.25) is 4.90 Å². The molecule has 2 aromatic rings. The van der Waals surface area contributed by atoms with Crippen LogP contribution in [0.2, 0.25) is 0 Å². The molecule has 0 radical (unpaired) electrons. The fourth-order valence-electron chi connectivity index (χ4n) is 2.67. The van der Waals surface area contributed by atoms with Crippen molar-refractivity contribution >= 4 is 11.5 Å². The second-order valence-corrected chi connectivity index (χ2v) is 5.40. The minimum absolute atomic E-state index is 0.678. The van der Waals surface area contributed by atoms with Crippen LogP contribution < -0.4 is 10.6 Å². The van der Waals surface area contributed by atoms with Crippen molar-refractivity contribution in [2.24, 2.45) is 5.73 Å². The zero-order valence-corrected chi connectivity index (χ0v) is 12.2. The summed E-state index contributed by atoms with van der Waals surface area (Å²) in [6.45, 7) is 6.14. The lowest BCUT2D eigenvalue weighted by molar-refractivity contribution is 0.251. The van der Waals surface area contributed by atoms with Crippen LogP contribution >= 0.6 is 0 Å². The first-order chi connectivity index (χ1) is 10.4. The quantitative estimate of drug-likeness (QED) is 0.735. The summed E-state index contributed by atoms with van der Waals surface area (Å²) in [5.74, 6) is 0.942. The van der Waals surface area contributed by atoms with Crippen LogP contribution in [-0.2, 0) is 0 Å². The molecule has 0 atom stereocenters. The van der Waals surface area contributed by atoms with Gasteiger partial charge in [-0.15, -0.1) is 14.8 Å². The Morgan fingerprint density at radius 3 is 2.71 bits per heavy atom. The monoisotopic (exact) mass is 290 g/mol. The summed E-state index contributed by atoms with van der Waals surface area (Å²) in [4.78, 5) is 4.81. The van der Waals surface area contributed by atoms with Crippen molar-refractivity contribution in [1.82, 2.24) is 30.2 Å². The van der Waals surface area contributed by atoms with Crippen molar-refractivity contribution < 1.29 is 0 Å². The number of anilines is 1. The van der Waals surface area contributed by atoms with Gasteiger partial charge in [-0.1, -0.05) is 6.42 Å². The third-order valence-corrected chi connectivity index (χ3v) is 3.93. The molecule has 21 heavy (non-hydrogen) atoms. The van der Waals surface area contributed by atoms with Crippen molar-refractivity contribution in [2.45, 2.75) is 19.3 Å². The van der Waals surface area contributed by atoms with Crippen LogP contribution in [0.15, 0.2) is 12.1 Å². The number of hydrogen-bond donors (Lipinski definition) is 1. The van der Waals surface area contributed by atoms with Gasteiger partial charge in [0.2, 0.25) is 0 Å². The molecule has 114 valence electrons. The van der Waals surface area contributed by atoms with Crippen molar-refractivity contribution in [3.8, 4) is 0 Å². The number of rotatable bonds is 6. The summed E-state index contributed by atoms with van der Waals surface area (Å²) in [5.41, 5.74) is 6.20. The summed E-state index contributed by atoms with van der Waals surface area (Å²) in [6.07, 6.45) is 3.61. The van der Waals surface area contributed by atoms with Crippen LogP contribution in [0.5, 0.6) is 0 Å². The molecule has 3 heterocycles. The van der Waals surface area contributed by atoms with Crippen LogP contribution in [0.3, 0.4) is 0 Å². The van der Waals surface area contributed by atoms with E-state index in [-0.39, 0.29) is 0 Å². The predicted octanol–water partition coefficient (Wildman–Crippen LogP) is -0.230. The zero-order valence-electron chi connectivity index (χ0n) is 12.2. The van der Waals surface area contributed by atoms with Gasteiger partial charge in [0.25, 0.3) is 0 Å². The number of piperazine rings is 1. The van der Waals surface area contributed by atoms with E-state index in [4.69, 9.17) is 5.73 Å². The van der Waals surface area contributed by atoms with E-state index in [1.54, 1.807) is 0 Å². The second kappa shape index (κ2) is 6.77. The number of nitrogens with zero attached hydrogens (tertiary/aromatic N) is 7. The summed E-state index contributed by atoms with van der Waals surface area (Å²) < 4.78 is 1.48. The van der Waals surface area contributed by atoms with E-state index in [2.05, 4.69) is 30.4 Å². The van der Waals surface area contributed by atoms with Crippen LogP contribution in [0.25, 0.3) is 5.65 Å². The first-order valence-corrected chi connectivity index (χ1v) is 7.59. The maximum absolute atomic E-state index is 5.52. The predicted molar refractivity (Wildman–Crippen MR) is 80.1 cm³/mol. The van der Waals surface area contributed by atoms with E-state index in [1.807, 2.05) is 12.1 Å². The van der Waals surface area contributed by atoms with Gasteiger partial charge in [-0.25, -0.2) is 0 Å². The van der Waals surface area contributed by atoms with E-state index in [0.29, 0.717) is 5.65 Å². The molecule has 0 aromatic carbocycles. The largest absolute Gasteiger partial charge is 0.353 e. The van der Waals surface area contributed by atoms with Crippen LogP contribution in [0, 0.1) is 0 Å². The Hall–Kier alpha value is -1.80. The molecule has 1 aliphatic heterocycles. The van der Waals surface area contributed by atoms with Crippen molar-refractivity contribution in [1.29, 1.82) is 0 Å². The minimum Gasteiger partial charge on any atom is -0.353 e. The van der Waals surface area contributed by atoms with Gasteiger partial charge in [0, 0.05) is 26.2 Å². The van der Waals surface area contributed by atoms with Crippen molar-refractivity contribution in [3.05, 3.63) is 12.1 Å². The molecular weight excluding hydrogens is 268 g/mol. The van der Waals surface area contributed by atoms with E-state index < -0.39 is 0 Å². The summed E-state index contributed by atoms with van der Waals surface area (Å²) in [6, 6.07) is 3.89. The normalized spacial score (nSPS) is 16.7. The molecule has 2 aromatic heterocycles. The smallest absolute Gasteiger partial charge is 0.200 e. The molecule has 1 fully saturated rings. The van der Waals surface area contributed by atoms with E-state index in [0.717, 1.165) is 45.0 Å². The molecule has 0 unspecified atom stereocenters. The Morgan fingerprint density at radius 1 is 1.05 bits per heavy atom.